The first-order valence-corrected chi connectivity index (χ1v) is 8.76. The van der Waals surface area contributed by atoms with Crippen LogP contribution >= 0.6 is 0 Å². The van der Waals surface area contributed by atoms with Crippen molar-refractivity contribution in [2.24, 2.45) is 0 Å². The Morgan fingerprint density at radius 1 is 1.42 bits per heavy atom. The smallest absolute Gasteiger partial charge is 0.271 e. The molecule has 1 aliphatic rings. The van der Waals surface area contributed by atoms with Gasteiger partial charge in [-0.2, -0.15) is 5.10 Å². The van der Waals surface area contributed by atoms with E-state index < -0.39 is 0 Å². The van der Waals surface area contributed by atoms with Gasteiger partial charge in [-0.1, -0.05) is 0 Å². The van der Waals surface area contributed by atoms with E-state index in [4.69, 9.17) is 0 Å². The molecule has 2 N–H and O–H groups in total. The molecule has 0 radical (unpaired) electrons. The number of aryl methyl sites for hydroxylation is 2. The van der Waals surface area contributed by atoms with E-state index in [1.165, 1.54) is 0 Å². The maximum atomic E-state index is 12.2. The lowest BCUT2D eigenvalue weighted by molar-refractivity contribution is 0.0946. The number of unbranched alkanes of at least 4 members (excludes halogenated alkanes) is 1. The van der Waals surface area contributed by atoms with E-state index in [2.05, 4.69) is 25.3 Å². The lowest BCUT2D eigenvalue weighted by atomic mass is 10.1. The minimum atomic E-state index is -0.0867. The summed E-state index contributed by atoms with van der Waals surface area (Å²) in [5.74, 6) is 0.943. The van der Waals surface area contributed by atoms with Crippen LogP contribution in [0.4, 0.5) is 0 Å². The van der Waals surface area contributed by atoms with Crippen molar-refractivity contribution in [2.75, 3.05) is 19.6 Å². The zero-order chi connectivity index (χ0) is 16.8. The topological polar surface area (TPSA) is 76.8 Å². The molecule has 1 saturated heterocycles. The third kappa shape index (κ3) is 4.23. The molecule has 7 nitrogen and oxygen atoms in total. The van der Waals surface area contributed by atoms with E-state index in [9.17, 15) is 4.79 Å². The molecule has 24 heavy (non-hydrogen) atoms. The van der Waals surface area contributed by atoms with Crippen molar-refractivity contribution in [3.8, 4) is 0 Å². The van der Waals surface area contributed by atoms with Gasteiger partial charge >= 0.3 is 0 Å². The van der Waals surface area contributed by atoms with Crippen LogP contribution in [0.15, 0.2) is 24.7 Å². The molecule has 1 atom stereocenters. The molecule has 130 valence electrons. The van der Waals surface area contributed by atoms with E-state index in [1.807, 2.05) is 30.2 Å². The SMILES string of the molecule is Cc1nccn1CCCCNC(=O)c1ccn(C2CCCNC2)n1. The maximum absolute atomic E-state index is 12.2. The van der Waals surface area contributed by atoms with Crippen LogP contribution in [0.2, 0.25) is 0 Å². The van der Waals surface area contributed by atoms with Gasteiger partial charge in [0.15, 0.2) is 0 Å². The minimum Gasteiger partial charge on any atom is -0.351 e. The standard InChI is InChI=1S/C17H26N6O/c1-14-19-9-12-22(14)10-3-2-8-20-17(24)16-6-11-23(21-16)15-5-4-7-18-13-15/h6,9,11-12,15,18H,2-5,7-8,10,13H2,1H3,(H,20,24). The number of hydrogen-bond donors (Lipinski definition) is 2. The first-order chi connectivity index (χ1) is 11.7. The van der Waals surface area contributed by atoms with Gasteiger partial charge in [0.05, 0.1) is 6.04 Å². The number of nitrogens with one attached hydrogen (secondary N) is 2. The summed E-state index contributed by atoms with van der Waals surface area (Å²) < 4.78 is 4.05. The van der Waals surface area contributed by atoms with Gasteiger partial charge in [0.2, 0.25) is 0 Å². The maximum Gasteiger partial charge on any atom is 0.271 e. The van der Waals surface area contributed by atoms with Crippen LogP contribution < -0.4 is 10.6 Å². The average Bonchev–Trinajstić information content (AvgIpc) is 3.25. The highest BCUT2D eigenvalue weighted by atomic mass is 16.1. The highest BCUT2D eigenvalue weighted by Crippen LogP contribution is 2.15. The number of carbonyl (C=O) groups is 1. The molecule has 1 aliphatic heterocycles. The fourth-order valence-electron chi connectivity index (χ4n) is 3.06. The molecular formula is C17H26N6O. The zero-order valence-corrected chi connectivity index (χ0v) is 14.2. The summed E-state index contributed by atoms with van der Waals surface area (Å²) in [6.45, 7) is 5.61. The first-order valence-electron chi connectivity index (χ1n) is 8.76. The second kappa shape index (κ2) is 8.10. The van der Waals surface area contributed by atoms with Crippen LogP contribution in [0, 0.1) is 6.92 Å². The normalized spacial score (nSPS) is 17.8. The van der Waals surface area contributed by atoms with Crippen LogP contribution in [0.25, 0.3) is 0 Å². The molecule has 0 aliphatic carbocycles. The molecule has 0 aromatic carbocycles. The number of hydrogen-bond acceptors (Lipinski definition) is 4. The summed E-state index contributed by atoms with van der Waals surface area (Å²) in [6.07, 6.45) is 9.94. The van der Waals surface area contributed by atoms with Crippen molar-refractivity contribution < 1.29 is 4.79 Å². The molecule has 7 heteroatoms. The van der Waals surface area contributed by atoms with Gasteiger partial charge in [-0.05, 0) is 45.2 Å². The summed E-state index contributed by atoms with van der Waals surface area (Å²) in [7, 11) is 0. The number of aromatic nitrogens is 4. The van der Waals surface area contributed by atoms with Gasteiger partial charge in [-0.15, -0.1) is 0 Å². The van der Waals surface area contributed by atoms with E-state index in [0.717, 1.165) is 51.1 Å². The molecule has 3 rings (SSSR count). The van der Waals surface area contributed by atoms with Crippen molar-refractivity contribution in [1.29, 1.82) is 0 Å². The Kier molecular flexibility index (Phi) is 5.63. The molecule has 0 bridgehead atoms. The second-order valence-corrected chi connectivity index (χ2v) is 6.31. The second-order valence-electron chi connectivity index (χ2n) is 6.31. The molecule has 2 aromatic heterocycles. The number of imidazole rings is 1. The van der Waals surface area contributed by atoms with Gasteiger partial charge < -0.3 is 15.2 Å². The monoisotopic (exact) mass is 330 g/mol. The molecule has 0 saturated carbocycles. The van der Waals surface area contributed by atoms with Gasteiger partial charge in [0.1, 0.15) is 11.5 Å². The van der Waals surface area contributed by atoms with E-state index in [-0.39, 0.29) is 5.91 Å². The summed E-state index contributed by atoms with van der Waals surface area (Å²) in [5.41, 5.74) is 0.506. The number of piperidine rings is 1. The summed E-state index contributed by atoms with van der Waals surface area (Å²) >= 11 is 0. The van der Waals surface area contributed by atoms with Crippen LogP contribution in [0.5, 0.6) is 0 Å². The van der Waals surface area contributed by atoms with Crippen molar-refractivity contribution in [3.05, 3.63) is 36.2 Å². The van der Waals surface area contributed by atoms with Gasteiger partial charge in [0.25, 0.3) is 5.91 Å². The highest BCUT2D eigenvalue weighted by Gasteiger charge is 2.17. The molecule has 1 amide bonds. The van der Waals surface area contributed by atoms with Crippen LogP contribution in [0.1, 0.15) is 48.0 Å². The molecule has 1 fully saturated rings. The quantitative estimate of drug-likeness (QED) is 0.755. The average molecular weight is 330 g/mol. The number of nitrogens with zero attached hydrogens (tertiary/aromatic N) is 4. The lowest BCUT2D eigenvalue weighted by Crippen LogP contribution is -2.32. The van der Waals surface area contributed by atoms with Crippen LogP contribution in [-0.2, 0) is 6.54 Å². The van der Waals surface area contributed by atoms with Crippen molar-refractivity contribution in [1.82, 2.24) is 30.0 Å². The third-order valence-electron chi connectivity index (χ3n) is 4.52. The lowest BCUT2D eigenvalue weighted by Gasteiger charge is -2.22. The third-order valence-corrected chi connectivity index (χ3v) is 4.52. The van der Waals surface area contributed by atoms with Crippen LogP contribution in [0.3, 0.4) is 0 Å². The molecule has 3 heterocycles. The van der Waals surface area contributed by atoms with Crippen molar-refractivity contribution in [2.45, 2.75) is 45.2 Å². The fourth-order valence-corrected chi connectivity index (χ4v) is 3.06. The van der Waals surface area contributed by atoms with Crippen molar-refractivity contribution >= 4 is 5.91 Å². The Hall–Kier alpha value is -2.15. The molecule has 0 spiro atoms. The first kappa shape index (κ1) is 16.7. The van der Waals surface area contributed by atoms with Gasteiger partial charge in [-0.25, -0.2) is 4.98 Å². The molecule has 2 aromatic rings. The summed E-state index contributed by atoms with van der Waals surface area (Å²) in [5, 5.41) is 10.8. The Labute approximate surface area is 142 Å². The highest BCUT2D eigenvalue weighted by molar-refractivity contribution is 5.92. The summed E-state index contributed by atoms with van der Waals surface area (Å²) in [6, 6.07) is 2.16. The Morgan fingerprint density at radius 2 is 2.33 bits per heavy atom. The van der Waals surface area contributed by atoms with E-state index >= 15 is 0 Å². The van der Waals surface area contributed by atoms with Gasteiger partial charge in [0, 0.05) is 38.2 Å². The predicted molar refractivity (Wildman–Crippen MR) is 91.9 cm³/mol. The number of amides is 1. The van der Waals surface area contributed by atoms with Crippen LogP contribution in [-0.4, -0.2) is 44.9 Å². The number of carbonyl (C=O) groups excluding carboxylic acids is 1. The number of rotatable bonds is 7. The van der Waals surface area contributed by atoms with E-state index in [0.29, 0.717) is 18.3 Å². The largest absolute Gasteiger partial charge is 0.351 e. The molecular weight excluding hydrogens is 304 g/mol. The Balaban J connectivity index is 1.39. The Bertz CT molecular complexity index is 656. The summed E-state index contributed by atoms with van der Waals surface area (Å²) in [4.78, 5) is 16.4. The fraction of sp³-hybridized carbons (Fsp3) is 0.588. The van der Waals surface area contributed by atoms with Crippen molar-refractivity contribution in [3.63, 3.8) is 0 Å². The van der Waals surface area contributed by atoms with E-state index in [1.54, 1.807) is 6.07 Å². The minimum absolute atomic E-state index is 0.0867. The zero-order valence-electron chi connectivity index (χ0n) is 14.2. The molecule has 1 unspecified atom stereocenters. The predicted octanol–water partition coefficient (Wildman–Crippen LogP) is 1.52. The van der Waals surface area contributed by atoms with Gasteiger partial charge in [-0.3, -0.25) is 9.48 Å². The Morgan fingerprint density at radius 3 is 3.08 bits per heavy atom.